The van der Waals surface area contributed by atoms with Gasteiger partial charge in [0.05, 0.1) is 17.8 Å². The number of aromatic nitrogens is 1. The molecular formula is C8H10ClN3O. The second-order valence-corrected chi connectivity index (χ2v) is 2.59. The molecule has 1 N–H and O–H groups in total. The lowest BCUT2D eigenvalue weighted by Gasteiger charge is -1.97. The number of rotatable bonds is 4. The van der Waals surface area contributed by atoms with E-state index in [2.05, 4.69) is 15.7 Å². The molecule has 1 aromatic heterocycles. The summed E-state index contributed by atoms with van der Waals surface area (Å²) in [6.45, 7) is 2.42. The number of halogens is 1. The highest BCUT2D eigenvalue weighted by molar-refractivity contribution is 6.32. The molecule has 0 saturated carbocycles. The Morgan fingerprint density at radius 2 is 2.62 bits per heavy atom. The highest BCUT2D eigenvalue weighted by Crippen LogP contribution is 2.10. The quantitative estimate of drug-likeness (QED) is 0.455. The maximum absolute atomic E-state index is 5.81. The Balaban J connectivity index is 2.53. The van der Waals surface area contributed by atoms with Crippen LogP contribution in [0.25, 0.3) is 0 Å². The monoisotopic (exact) mass is 199 g/mol. The lowest BCUT2D eigenvalue weighted by molar-refractivity contribution is 0.0537. The summed E-state index contributed by atoms with van der Waals surface area (Å²) in [5.41, 5.74) is 3.20. The van der Waals surface area contributed by atoms with Crippen LogP contribution in [0.2, 0.25) is 5.02 Å². The van der Waals surface area contributed by atoms with Crippen molar-refractivity contribution in [3.63, 3.8) is 0 Å². The van der Waals surface area contributed by atoms with Crippen molar-refractivity contribution in [3.8, 4) is 0 Å². The Bertz CT molecular complexity index is 290. The minimum Gasteiger partial charge on any atom is -0.263 e. The van der Waals surface area contributed by atoms with E-state index in [4.69, 9.17) is 16.4 Å². The van der Waals surface area contributed by atoms with Crippen LogP contribution in [0.5, 0.6) is 0 Å². The van der Waals surface area contributed by atoms with Crippen molar-refractivity contribution < 1.29 is 4.84 Å². The summed E-state index contributed by atoms with van der Waals surface area (Å²) >= 11 is 5.81. The van der Waals surface area contributed by atoms with Gasteiger partial charge < -0.3 is 0 Å². The molecule has 1 rings (SSSR count). The third kappa shape index (κ3) is 3.40. The van der Waals surface area contributed by atoms with E-state index < -0.39 is 0 Å². The lowest BCUT2D eigenvalue weighted by atomic mass is 10.3. The van der Waals surface area contributed by atoms with E-state index in [1.54, 1.807) is 24.7 Å². The maximum atomic E-state index is 5.81. The SMILES string of the molecule is CCONN=Cc1ccncc1Cl. The number of hydrazone groups is 1. The summed E-state index contributed by atoms with van der Waals surface area (Å²) < 4.78 is 0. The first kappa shape index (κ1) is 9.95. The molecule has 0 unspecified atom stereocenters. The topological polar surface area (TPSA) is 46.5 Å². The number of nitrogens with zero attached hydrogens (tertiary/aromatic N) is 2. The highest BCUT2D eigenvalue weighted by atomic mass is 35.5. The van der Waals surface area contributed by atoms with E-state index in [0.717, 1.165) is 5.56 Å². The Labute approximate surface area is 81.5 Å². The summed E-state index contributed by atoms with van der Waals surface area (Å²) in [6, 6.07) is 1.76. The summed E-state index contributed by atoms with van der Waals surface area (Å²) in [4.78, 5) is 8.63. The predicted octanol–water partition coefficient (Wildman–Crippen LogP) is 1.61. The van der Waals surface area contributed by atoms with Crippen molar-refractivity contribution in [2.24, 2.45) is 5.10 Å². The molecule has 4 nitrogen and oxygen atoms in total. The van der Waals surface area contributed by atoms with Crippen molar-refractivity contribution >= 4 is 17.8 Å². The minimum absolute atomic E-state index is 0.557. The van der Waals surface area contributed by atoms with Crippen LogP contribution in [-0.4, -0.2) is 17.8 Å². The van der Waals surface area contributed by atoms with Crippen LogP contribution in [0.15, 0.2) is 23.6 Å². The molecule has 0 bridgehead atoms. The van der Waals surface area contributed by atoms with Crippen molar-refractivity contribution in [2.75, 3.05) is 6.61 Å². The Morgan fingerprint density at radius 3 is 3.31 bits per heavy atom. The summed E-state index contributed by atoms with van der Waals surface area (Å²) in [7, 11) is 0. The largest absolute Gasteiger partial charge is 0.263 e. The van der Waals surface area contributed by atoms with Gasteiger partial charge in [0.25, 0.3) is 0 Å². The van der Waals surface area contributed by atoms with Gasteiger partial charge in [-0.25, -0.2) is 0 Å². The van der Waals surface area contributed by atoms with Gasteiger partial charge in [0.2, 0.25) is 0 Å². The number of hydrogen-bond acceptors (Lipinski definition) is 4. The Morgan fingerprint density at radius 1 is 1.77 bits per heavy atom. The molecule has 0 fully saturated rings. The number of hydrogen-bond donors (Lipinski definition) is 1. The van der Waals surface area contributed by atoms with Crippen LogP contribution in [0.1, 0.15) is 12.5 Å². The van der Waals surface area contributed by atoms with Gasteiger partial charge in [0.1, 0.15) is 0 Å². The first-order chi connectivity index (χ1) is 6.34. The van der Waals surface area contributed by atoms with Crippen LogP contribution < -0.4 is 5.59 Å². The van der Waals surface area contributed by atoms with Crippen molar-refractivity contribution in [1.29, 1.82) is 0 Å². The van der Waals surface area contributed by atoms with Crippen LogP contribution in [-0.2, 0) is 4.84 Å². The van der Waals surface area contributed by atoms with Crippen molar-refractivity contribution in [3.05, 3.63) is 29.0 Å². The zero-order chi connectivity index (χ0) is 9.52. The molecule has 5 heteroatoms. The molecular weight excluding hydrogens is 190 g/mol. The molecule has 0 amide bonds. The van der Waals surface area contributed by atoms with Gasteiger partial charge in [-0.3, -0.25) is 9.82 Å². The normalized spacial score (nSPS) is 10.6. The molecule has 1 aromatic rings. The average Bonchev–Trinajstić information content (AvgIpc) is 2.15. The molecule has 0 aromatic carbocycles. The Hall–Kier alpha value is -1.13. The number of nitrogens with one attached hydrogen (secondary N) is 1. The highest BCUT2D eigenvalue weighted by Gasteiger charge is 1.93. The van der Waals surface area contributed by atoms with E-state index in [9.17, 15) is 0 Å². The first-order valence-electron chi connectivity index (χ1n) is 3.84. The van der Waals surface area contributed by atoms with Gasteiger partial charge in [-0.05, 0) is 13.0 Å². The van der Waals surface area contributed by atoms with E-state index >= 15 is 0 Å². The number of pyridine rings is 1. The summed E-state index contributed by atoms with van der Waals surface area (Å²) in [5.74, 6) is 0. The minimum atomic E-state index is 0.557. The molecule has 0 atom stereocenters. The third-order valence-corrected chi connectivity index (χ3v) is 1.58. The molecule has 0 aliphatic rings. The Kier molecular flexibility index (Phi) is 4.21. The van der Waals surface area contributed by atoms with E-state index in [-0.39, 0.29) is 0 Å². The maximum Gasteiger partial charge on any atom is 0.0736 e. The van der Waals surface area contributed by atoms with Gasteiger partial charge >= 0.3 is 0 Å². The molecule has 0 spiro atoms. The van der Waals surface area contributed by atoms with Crippen LogP contribution >= 0.6 is 11.6 Å². The zero-order valence-electron chi connectivity index (χ0n) is 7.20. The predicted molar refractivity (Wildman–Crippen MR) is 51.6 cm³/mol. The molecule has 13 heavy (non-hydrogen) atoms. The van der Waals surface area contributed by atoms with Gasteiger partial charge in [0.15, 0.2) is 0 Å². The van der Waals surface area contributed by atoms with Crippen molar-refractivity contribution in [1.82, 2.24) is 10.6 Å². The smallest absolute Gasteiger partial charge is 0.0736 e. The fourth-order valence-corrected chi connectivity index (χ4v) is 0.856. The van der Waals surface area contributed by atoms with Crippen LogP contribution in [0, 0.1) is 0 Å². The van der Waals surface area contributed by atoms with Gasteiger partial charge in [-0.15, -0.1) is 0 Å². The molecule has 1 heterocycles. The second-order valence-electron chi connectivity index (χ2n) is 2.18. The van der Waals surface area contributed by atoms with Gasteiger partial charge in [0, 0.05) is 18.0 Å². The standard InChI is InChI=1S/C8H10ClN3O/c1-2-13-12-11-5-7-3-4-10-6-8(7)9/h3-6,12H,2H2,1H3. The van der Waals surface area contributed by atoms with Gasteiger partial charge in [-0.1, -0.05) is 11.6 Å². The fourth-order valence-electron chi connectivity index (χ4n) is 0.688. The zero-order valence-corrected chi connectivity index (χ0v) is 7.95. The first-order valence-corrected chi connectivity index (χ1v) is 4.21. The summed E-state index contributed by atoms with van der Waals surface area (Å²) in [6.07, 6.45) is 4.77. The molecule has 0 radical (unpaired) electrons. The van der Waals surface area contributed by atoms with E-state index in [1.165, 1.54) is 0 Å². The second kappa shape index (κ2) is 5.50. The van der Waals surface area contributed by atoms with E-state index in [0.29, 0.717) is 11.6 Å². The molecule has 0 saturated heterocycles. The third-order valence-electron chi connectivity index (χ3n) is 1.27. The lowest BCUT2D eigenvalue weighted by Crippen LogP contribution is -2.06. The van der Waals surface area contributed by atoms with Gasteiger partial charge in [-0.2, -0.15) is 10.7 Å². The van der Waals surface area contributed by atoms with Crippen LogP contribution in [0.3, 0.4) is 0 Å². The van der Waals surface area contributed by atoms with Crippen LogP contribution in [0.4, 0.5) is 0 Å². The summed E-state index contributed by atoms with van der Waals surface area (Å²) in [5, 5.41) is 4.34. The fraction of sp³-hybridized carbons (Fsp3) is 0.250. The van der Waals surface area contributed by atoms with E-state index in [1.807, 2.05) is 6.92 Å². The molecule has 0 aliphatic heterocycles. The molecule has 70 valence electrons. The van der Waals surface area contributed by atoms with Crippen molar-refractivity contribution in [2.45, 2.75) is 6.92 Å². The average molecular weight is 200 g/mol. The molecule has 0 aliphatic carbocycles.